The highest BCUT2D eigenvalue weighted by molar-refractivity contribution is 5.71. The molecule has 1 fully saturated rings. The van der Waals surface area contributed by atoms with Gasteiger partial charge in [0, 0.05) is 6.42 Å². The molecular formula is C16H28O4. The van der Waals surface area contributed by atoms with E-state index in [2.05, 4.69) is 27.7 Å². The van der Waals surface area contributed by atoms with Gasteiger partial charge in [-0.2, -0.15) is 0 Å². The number of aliphatic carboxylic acids is 1. The van der Waals surface area contributed by atoms with Gasteiger partial charge in [-0.3, -0.25) is 9.59 Å². The summed E-state index contributed by atoms with van der Waals surface area (Å²) >= 11 is 0. The van der Waals surface area contributed by atoms with Gasteiger partial charge in [0.15, 0.2) is 0 Å². The first kappa shape index (κ1) is 17.0. The molecule has 1 saturated carbocycles. The largest absolute Gasteiger partial charge is 0.481 e. The molecule has 1 aliphatic carbocycles. The Balaban J connectivity index is 2.28. The first-order chi connectivity index (χ1) is 9.17. The molecule has 0 aromatic heterocycles. The molecule has 116 valence electrons. The van der Waals surface area contributed by atoms with Gasteiger partial charge in [-0.1, -0.05) is 27.7 Å². The van der Waals surface area contributed by atoms with Crippen LogP contribution < -0.4 is 0 Å². The second-order valence-electron chi connectivity index (χ2n) is 7.38. The molecular weight excluding hydrogens is 256 g/mol. The summed E-state index contributed by atoms with van der Waals surface area (Å²) in [5.41, 5.74) is 0.221. The summed E-state index contributed by atoms with van der Waals surface area (Å²) in [6.07, 6.45) is 3.95. The van der Waals surface area contributed by atoms with Crippen molar-refractivity contribution < 1.29 is 19.4 Å². The van der Waals surface area contributed by atoms with Crippen molar-refractivity contribution in [1.82, 2.24) is 0 Å². The molecule has 0 bridgehead atoms. The molecule has 20 heavy (non-hydrogen) atoms. The van der Waals surface area contributed by atoms with Gasteiger partial charge in [0.2, 0.25) is 0 Å². The molecule has 4 heteroatoms. The molecule has 1 aliphatic rings. The summed E-state index contributed by atoms with van der Waals surface area (Å²) in [6, 6.07) is 0. The van der Waals surface area contributed by atoms with E-state index in [0.717, 1.165) is 6.42 Å². The molecule has 4 nitrogen and oxygen atoms in total. The van der Waals surface area contributed by atoms with E-state index < -0.39 is 5.97 Å². The fourth-order valence-corrected chi connectivity index (χ4v) is 3.06. The number of carbonyl (C=O) groups is 2. The van der Waals surface area contributed by atoms with Crippen molar-refractivity contribution in [2.24, 2.45) is 17.3 Å². The Morgan fingerprint density at radius 2 is 1.75 bits per heavy atom. The lowest BCUT2D eigenvalue weighted by Crippen LogP contribution is -2.28. The van der Waals surface area contributed by atoms with E-state index in [4.69, 9.17) is 9.84 Å². The van der Waals surface area contributed by atoms with Crippen LogP contribution >= 0.6 is 0 Å². The fraction of sp³-hybridized carbons (Fsp3) is 0.875. The van der Waals surface area contributed by atoms with Crippen LogP contribution in [0.15, 0.2) is 0 Å². The molecule has 1 unspecified atom stereocenters. The Bertz CT molecular complexity index is 335. The average Bonchev–Trinajstić information content (AvgIpc) is 2.26. The van der Waals surface area contributed by atoms with Gasteiger partial charge in [-0.25, -0.2) is 0 Å². The normalized spacial score (nSPS) is 25.0. The Morgan fingerprint density at radius 1 is 1.20 bits per heavy atom. The Hall–Kier alpha value is -1.06. The molecule has 1 atom stereocenters. The van der Waals surface area contributed by atoms with Crippen LogP contribution in [0, 0.1) is 17.3 Å². The average molecular weight is 284 g/mol. The zero-order valence-corrected chi connectivity index (χ0v) is 13.1. The van der Waals surface area contributed by atoms with Crippen molar-refractivity contribution in [3.63, 3.8) is 0 Å². The lowest BCUT2D eigenvalue weighted by molar-refractivity contribution is -0.153. The zero-order chi connectivity index (χ0) is 15.3. The lowest BCUT2D eigenvalue weighted by atomic mass is 9.84. The fourth-order valence-electron chi connectivity index (χ4n) is 3.06. The van der Waals surface area contributed by atoms with Crippen molar-refractivity contribution in [3.05, 3.63) is 0 Å². The first-order valence-electron chi connectivity index (χ1n) is 7.59. The summed E-state index contributed by atoms with van der Waals surface area (Å²) in [5.74, 6) is -0.809. The third-order valence-corrected chi connectivity index (χ3v) is 3.80. The molecule has 0 heterocycles. The van der Waals surface area contributed by atoms with E-state index in [1.54, 1.807) is 0 Å². The minimum atomic E-state index is -0.728. The third kappa shape index (κ3) is 6.40. The van der Waals surface area contributed by atoms with E-state index in [0.29, 0.717) is 38.0 Å². The standard InChI is InChI=1S/C16H28O4/c1-11(10-16(2,3)4)9-14(17)20-13-7-5-12(6-8-13)15(18)19/h11-13H,5-10H2,1-4H3,(H,18,19). The highest BCUT2D eigenvalue weighted by atomic mass is 16.5. The second kappa shape index (κ2) is 7.09. The van der Waals surface area contributed by atoms with Gasteiger partial charge >= 0.3 is 11.9 Å². The molecule has 0 aromatic carbocycles. The number of rotatable bonds is 5. The van der Waals surface area contributed by atoms with Crippen molar-refractivity contribution in [2.75, 3.05) is 0 Å². The zero-order valence-electron chi connectivity index (χ0n) is 13.1. The van der Waals surface area contributed by atoms with Gasteiger partial charge in [0.25, 0.3) is 0 Å². The topological polar surface area (TPSA) is 63.6 Å². The van der Waals surface area contributed by atoms with Gasteiger partial charge in [-0.05, 0) is 43.4 Å². The molecule has 1 N–H and O–H groups in total. The Morgan fingerprint density at radius 3 is 2.20 bits per heavy atom. The van der Waals surface area contributed by atoms with Crippen LogP contribution in [0.5, 0.6) is 0 Å². The Kier molecular flexibility index (Phi) is 6.03. The van der Waals surface area contributed by atoms with Crippen LogP contribution in [0.4, 0.5) is 0 Å². The molecule has 0 spiro atoms. The quantitative estimate of drug-likeness (QED) is 0.783. The number of carbonyl (C=O) groups excluding carboxylic acids is 1. The van der Waals surface area contributed by atoms with Crippen LogP contribution in [0.25, 0.3) is 0 Å². The molecule has 0 amide bonds. The highest BCUT2D eigenvalue weighted by Gasteiger charge is 2.28. The predicted octanol–water partition coefficient (Wildman–Crippen LogP) is 3.64. The van der Waals surface area contributed by atoms with E-state index in [1.165, 1.54) is 0 Å². The van der Waals surface area contributed by atoms with Gasteiger partial charge in [-0.15, -0.1) is 0 Å². The van der Waals surface area contributed by atoms with Gasteiger partial charge in [0.05, 0.1) is 5.92 Å². The summed E-state index contributed by atoms with van der Waals surface area (Å²) in [4.78, 5) is 22.7. The third-order valence-electron chi connectivity index (χ3n) is 3.80. The maximum absolute atomic E-state index is 11.9. The van der Waals surface area contributed by atoms with Gasteiger partial charge in [0.1, 0.15) is 6.10 Å². The number of hydrogen-bond acceptors (Lipinski definition) is 3. The van der Waals surface area contributed by atoms with Crippen molar-refractivity contribution in [2.45, 2.75) is 72.3 Å². The SMILES string of the molecule is CC(CC(=O)OC1CCC(C(=O)O)CC1)CC(C)(C)C. The highest BCUT2D eigenvalue weighted by Crippen LogP contribution is 2.29. The minimum Gasteiger partial charge on any atom is -0.481 e. The summed E-state index contributed by atoms with van der Waals surface area (Å²) in [6.45, 7) is 8.58. The second-order valence-corrected chi connectivity index (χ2v) is 7.38. The van der Waals surface area contributed by atoms with Gasteiger partial charge < -0.3 is 9.84 Å². The summed E-state index contributed by atoms with van der Waals surface area (Å²) < 4.78 is 5.47. The number of ether oxygens (including phenoxy) is 1. The number of carboxylic acids is 1. The molecule has 0 radical (unpaired) electrons. The van der Waals surface area contributed by atoms with Crippen molar-refractivity contribution in [1.29, 1.82) is 0 Å². The number of hydrogen-bond donors (Lipinski definition) is 1. The summed E-state index contributed by atoms with van der Waals surface area (Å²) in [7, 11) is 0. The summed E-state index contributed by atoms with van der Waals surface area (Å²) in [5, 5.41) is 8.93. The smallest absolute Gasteiger partial charge is 0.306 e. The monoisotopic (exact) mass is 284 g/mol. The van der Waals surface area contributed by atoms with Crippen molar-refractivity contribution >= 4 is 11.9 Å². The van der Waals surface area contributed by atoms with Crippen LogP contribution in [0.2, 0.25) is 0 Å². The molecule has 1 rings (SSSR count). The van der Waals surface area contributed by atoms with E-state index in [-0.39, 0.29) is 23.4 Å². The maximum atomic E-state index is 11.9. The maximum Gasteiger partial charge on any atom is 0.306 e. The van der Waals surface area contributed by atoms with Crippen LogP contribution in [-0.2, 0) is 14.3 Å². The van der Waals surface area contributed by atoms with Crippen LogP contribution in [0.1, 0.15) is 66.2 Å². The van der Waals surface area contributed by atoms with E-state index in [1.807, 2.05) is 0 Å². The number of carboxylic acid groups (broad SMARTS) is 1. The molecule has 0 aliphatic heterocycles. The van der Waals surface area contributed by atoms with E-state index in [9.17, 15) is 9.59 Å². The Labute approximate surface area is 121 Å². The van der Waals surface area contributed by atoms with Crippen molar-refractivity contribution in [3.8, 4) is 0 Å². The molecule has 0 aromatic rings. The number of esters is 1. The lowest BCUT2D eigenvalue weighted by Gasteiger charge is -2.27. The van der Waals surface area contributed by atoms with Crippen LogP contribution in [0.3, 0.4) is 0 Å². The first-order valence-corrected chi connectivity index (χ1v) is 7.59. The predicted molar refractivity (Wildman–Crippen MR) is 77.3 cm³/mol. The van der Waals surface area contributed by atoms with Crippen LogP contribution in [-0.4, -0.2) is 23.1 Å². The molecule has 0 saturated heterocycles. The minimum absolute atomic E-state index is 0.0834. The van der Waals surface area contributed by atoms with E-state index >= 15 is 0 Å².